The van der Waals surface area contributed by atoms with Crippen molar-refractivity contribution in [1.82, 2.24) is 4.57 Å². The van der Waals surface area contributed by atoms with Gasteiger partial charge < -0.3 is 9.47 Å². The van der Waals surface area contributed by atoms with Crippen molar-refractivity contribution in [2.75, 3.05) is 4.90 Å². The Balaban J connectivity index is 1.14. The summed E-state index contributed by atoms with van der Waals surface area (Å²) in [4.78, 5) is 2.55. The van der Waals surface area contributed by atoms with E-state index in [2.05, 4.69) is 183 Å². The predicted octanol–water partition coefficient (Wildman–Crippen LogP) is 10.3. The minimum atomic E-state index is -0.0611. The summed E-state index contributed by atoms with van der Waals surface area (Å²) in [6.07, 6.45) is 21.2. The predicted molar refractivity (Wildman–Crippen MR) is 215 cm³/mol. The highest BCUT2D eigenvalue weighted by molar-refractivity contribution is 5.94. The molecule has 0 spiro atoms. The number of aromatic nitrogens is 1. The molecular weight excluding hydrogens is 617 g/mol. The molecule has 51 heavy (non-hydrogen) atoms. The number of hydrogen-bond acceptors (Lipinski definition) is 1. The van der Waals surface area contributed by atoms with Crippen molar-refractivity contribution in [3.05, 3.63) is 189 Å². The summed E-state index contributed by atoms with van der Waals surface area (Å²) in [6.45, 7) is 9.28. The van der Waals surface area contributed by atoms with Crippen molar-refractivity contribution >= 4 is 39.9 Å². The fourth-order valence-electron chi connectivity index (χ4n) is 9.53. The average molecular weight is 659 g/mol. The second-order valence-electron chi connectivity index (χ2n) is 15.5. The lowest BCUT2D eigenvalue weighted by Gasteiger charge is -2.31. The highest BCUT2D eigenvalue weighted by Crippen LogP contribution is 2.49. The van der Waals surface area contributed by atoms with Crippen molar-refractivity contribution in [3.8, 4) is 5.69 Å². The standard InChI is InChI=1S/C49H42N2/c1-31-12-11-17-45-40(27-31)42-29-34(20-25-47(42)50(45)35-13-7-5-8-14-35)33-19-24-46-41(28-33)38-22-21-37-39-26-32(2)18-23-43(39)49(3,4)44(37)30-48(38)51(46)36-15-9-6-10-16-36/h5-20,22-26,28-30,42,47H,21,27H2,1-4H3. The van der Waals surface area contributed by atoms with Crippen LogP contribution < -0.4 is 15.5 Å². The SMILES string of the molecule is CC1=CC=CC2=C(C1)C1C=C(c3ccc4c(c3)c3c(n4-c4ccccc4)=CC4=C(CC=3)c3cc(C)ccc3C4(C)C)C=CC1N2c1ccccc1. The summed E-state index contributed by atoms with van der Waals surface area (Å²) in [6, 6.07) is 36.3. The number of aryl methyl sites for hydroxylation is 1. The van der Waals surface area contributed by atoms with E-state index in [4.69, 9.17) is 0 Å². The smallest absolute Gasteiger partial charge is 0.0626 e. The maximum atomic E-state index is 2.55. The molecule has 0 bridgehead atoms. The molecule has 0 saturated carbocycles. The van der Waals surface area contributed by atoms with Crippen LogP contribution in [0.15, 0.2) is 156 Å². The van der Waals surface area contributed by atoms with Gasteiger partial charge in [0.05, 0.1) is 16.9 Å². The molecule has 2 heteroatoms. The van der Waals surface area contributed by atoms with Crippen LogP contribution in [0.25, 0.3) is 39.9 Å². The van der Waals surface area contributed by atoms with Crippen LogP contribution >= 0.6 is 0 Å². The Kier molecular flexibility index (Phi) is 6.64. The van der Waals surface area contributed by atoms with Crippen LogP contribution in [0.2, 0.25) is 0 Å². The quantitative estimate of drug-likeness (QED) is 0.187. The minimum absolute atomic E-state index is 0.0611. The monoisotopic (exact) mass is 658 g/mol. The van der Waals surface area contributed by atoms with E-state index in [0.29, 0.717) is 5.92 Å². The van der Waals surface area contributed by atoms with Crippen LogP contribution in [-0.4, -0.2) is 10.6 Å². The summed E-state index contributed by atoms with van der Waals surface area (Å²) in [5.74, 6) is 0.311. The summed E-state index contributed by atoms with van der Waals surface area (Å²) < 4.78 is 2.49. The number of anilines is 1. The average Bonchev–Trinajstić information content (AvgIpc) is 3.52. The molecule has 0 fully saturated rings. The van der Waals surface area contributed by atoms with Gasteiger partial charge in [0.1, 0.15) is 0 Å². The van der Waals surface area contributed by atoms with Crippen LogP contribution in [0, 0.1) is 12.8 Å². The summed E-state index contributed by atoms with van der Waals surface area (Å²) in [5, 5.41) is 3.93. The summed E-state index contributed by atoms with van der Waals surface area (Å²) >= 11 is 0. The summed E-state index contributed by atoms with van der Waals surface area (Å²) in [7, 11) is 0. The van der Waals surface area contributed by atoms with Crippen LogP contribution in [0.3, 0.4) is 0 Å². The molecule has 2 unspecified atom stereocenters. The van der Waals surface area contributed by atoms with Gasteiger partial charge in [0.2, 0.25) is 0 Å². The maximum Gasteiger partial charge on any atom is 0.0626 e. The van der Waals surface area contributed by atoms with E-state index in [1.807, 2.05) is 0 Å². The first kappa shape index (κ1) is 30.2. The van der Waals surface area contributed by atoms with E-state index in [0.717, 1.165) is 12.8 Å². The third-order valence-electron chi connectivity index (χ3n) is 12.0. The van der Waals surface area contributed by atoms with Crippen LogP contribution in [0.5, 0.6) is 0 Å². The fourth-order valence-corrected chi connectivity index (χ4v) is 9.53. The Bertz CT molecular complexity index is 2610. The third-order valence-corrected chi connectivity index (χ3v) is 12.0. The first-order chi connectivity index (χ1) is 24.9. The van der Waals surface area contributed by atoms with Gasteiger partial charge in [-0.15, -0.1) is 0 Å². The van der Waals surface area contributed by atoms with Crippen molar-refractivity contribution in [2.24, 2.45) is 5.92 Å². The molecular formula is C49H42N2. The highest BCUT2D eigenvalue weighted by atomic mass is 15.2. The molecule has 4 aliphatic carbocycles. The van der Waals surface area contributed by atoms with Crippen LogP contribution in [0.1, 0.15) is 55.9 Å². The van der Waals surface area contributed by atoms with Gasteiger partial charge in [-0.25, -0.2) is 0 Å². The minimum Gasteiger partial charge on any atom is -0.334 e. The summed E-state index contributed by atoms with van der Waals surface area (Å²) in [5.41, 5.74) is 17.6. The number of allylic oxidation sites excluding steroid dienone is 8. The van der Waals surface area contributed by atoms with E-state index in [1.165, 1.54) is 88.7 Å². The van der Waals surface area contributed by atoms with E-state index in [9.17, 15) is 0 Å². The molecule has 2 nitrogen and oxygen atoms in total. The fraction of sp³-hybridized carbons (Fsp3) is 0.184. The highest BCUT2D eigenvalue weighted by Gasteiger charge is 2.40. The lowest BCUT2D eigenvalue weighted by Crippen LogP contribution is -2.33. The Morgan fingerprint density at radius 1 is 0.804 bits per heavy atom. The molecule has 0 radical (unpaired) electrons. The molecule has 2 heterocycles. The van der Waals surface area contributed by atoms with E-state index < -0.39 is 0 Å². The molecule has 5 aromatic rings. The van der Waals surface area contributed by atoms with Gasteiger partial charge >= 0.3 is 0 Å². The molecule has 0 N–H and O–H groups in total. The molecule has 1 aliphatic heterocycles. The Morgan fingerprint density at radius 3 is 2.39 bits per heavy atom. The van der Waals surface area contributed by atoms with Gasteiger partial charge in [0, 0.05) is 39.0 Å². The Labute approximate surface area is 300 Å². The van der Waals surface area contributed by atoms with Gasteiger partial charge in [0.15, 0.2) is 0 Å². The van der Waals surface area contributed by atoms with Crippen LogP contribution in [-0.2, 0) is 5.41 Å². The third kappa shape index (κ3) is 4.55. The zero-order valence-corrected chi connectivity index (χ0v) is 29.8. The number of rotatable bonds is 3. The first-order valence-corrected chi connectivity index (χ1v) is 18.5. The van der Waals surface area contributed by atoms with Crippen molar-refractivity contribution in [1.29, 1.82) is 0 Å². The number of para-hydroxylation sites is 2. The molecule has 5 aliphatic rings. The number of hydrogen-bond donors (Lipinski definition) is 0. The molecule has 248 valence electrons. The second kappa shape index (κ2) is 11.2. The molecule has 4 aromatic carbocycles. The zero-order valence-electron chi connectivity index (χ0n) is 29.8. The molecule has 0 saturated heterocycles. The van der Waals surface area contributed by atoms with Gasteiger partial charge in [-0.3, -0.25) is 0 Å². The first-order valence-electron chi connectivity index (χ1n) is 18.5. The number of fused-ring (bicyclic) bond motifs is 7. The Hall–Kier alpha value is -5.60. The number of nitrogens with zero attached hydrogens (tertiary/aromatic N) is 2. The number of benzene rings is 4. The van der Waals surface area contributed by atoms with Gasteiger partial charge in [-0.2, -0.15) is 0 Å². The van der Waals surface area contributed by atoms with Gasteiger partial charge in [-0.05, 0) is 114 Å². The van der Waals surface area contributed by atoms with Gasteiger partial charge in [0.25, 0.3) is 0 Å². The van der Waals surface area contributed by atoms with Crippen molar-refractivity contribution < 1.29 is 0 Å². The lowest BCUT2D eigenvalue weighted by atomic mass is 9.81. The largest absolute Gasteiger partial charge is 0.334 e. The zero-order chi connectivity index (χ0) is 34.4. The van der Waals surface area contributed by atoms with Crippen LogP contribution in [0.4, 0.5) is 5.69 Å². The molecule has 2 atom stereocenters. The normalized spacial score (nSPS) is 21.1. The topological polar surface area (TPSA) is 8.17 Å². The van der Waals surface area contributed by atoms with Gasteiger partial charge in [-0.1, -0.05) is 122 Å². The van der Waals surface area contributed by atoms with Crippen molar-refractivity contribution in [2.45, 2.75) is 52.0 Å². The van der Waals surface area contributed by atoms with E-state index in [1.54, 1.807) is 0 Å². The molecule has 1 aromatic heterocycles. The molecule has 0 amide bonds. The maximum absolute atomic E-state index is 2.55. The molecule has 10 rings (SSSR count). The van der Waals surface area contributed by atoms with E-state index >= 15 is 0 Å². The van der Waals surface area contributed by atoms with Crippen molar-refractivity contribution in [3.63, 3.8) is 0 Å². The lowest BCUT2D eigenvalue weighted by molar-refractivity contribution is 0.660. The second-order valence-corrected chi connectivity index (χ2v) is 15.5. The van der Waals surface area contributed by atoms with E-state index in [-0.39, 0.29) is 11.5 Å². The Morgan fingerprint density at radius 2 is 1.59 bits per heavy atom.